The largest absolute Gasteiger partial charge is 0.479 e. The molecule has 10 heteroatoms. The van der Waals surface area contributed by atoms with Gasteiger partial charge in [-0.3, -0.25) is 24.0 Å². The number of Topliss-reactive ketones (excluding diaryl/α,β-unsaturated/α-hetero) is 1. The lowest BCUT2D eigenvalue weighted by Crippen LogP contribution is -2.50. The van der Waals surface area contributed by atoms with Gasteiger partial charge in [-0.15, -0.1) is 5.10 Å². The van der Waals surface area contributed by atoms with Gasteiger partial charge in [0.25, 0.3) is 5.91 Å². The molecule has 172 valence electrons. The van der Waals surface area contributed by atoms with Crippen LogP contribution >= 0.6 is 11.6 Å². The lowest BCUT2D eigenvalue weighted by Gasteiger charge is -2.34. The molecule has 2 amide bonds. The molecule has 1 aromatic carbocycles. The Labute approximate surface area is 192 Å². The fraction of sp³-hybridized carbons (Fsp3) is 0.455. The van der Waals surface area contributed by atoms with E-state index in [9.17, 15) is 14.4 Å². The highest BCUT2D eigenvalue weighted by Gasteiger charge is 2.26. The number of hydrogen-bond acceptors (Lipinski definition) is 6. The van der Waals surface area contributed by atoms with Crippen LogP contribution in [-0.2, 0) is 11.8 Å². The van der Waals surface area contributed by atoms with Crippen LogP contribution in [-0.4, -0.2) is 83.6 Å². The summed E-state index contributed by atoms with van der Waals surface area (Å²) in [7, 11) is 3.25. The van der Waals surface area contributed by atoms with Crippen LogP contribution in [0, 0.1) is 0 Å². The summed E-state index contributed by atoms with van der Waals surface area (Å²) in [5.74, 6) is 0.0121. The first-order valence-corrected chi connectivity index (χ1v) is 10.9. The van der Waals surface area contributed by atoms with E-state index in [1.807, 2.05) is 0 Å². The summed E-state index contributed by atoms with van der Waals surface area (Å²) in [4.78, 5) is 40.9. The van der Waals surface area contributed by atoms with E-state index >= 15 is 0 Å². The van der Waals surface area contributed by atoms with E-state index in [2.05, 4.69) is 15.3 Å². The highest BCUT2D eigenvalue weighted by atomic mass is 35.5. The molecule has 1 aliphatic heterocycles. The number of carbonyl (C=O) groups excluding carboxylic acids is 3. The normalized spacial score (nSPS) is 14.3. The van der Waals surface area contributed by atoms with Gasteiger partial charge < -0.3 is 15.0 Å². The molecule has 3 rings (SSSR count). The fourth-order valence-electron chi connectivity index (χ4n) is 3.56. The Kier molecular flexibility index (Phi) is 8.24. The molecule has 0 atom stereocenters. The predicted octanol–water partition coefficient (Wildman–Crippen LogP) is 1.62. The van der Waals surface area contributed by atoms with Crippen LogP contribution in [0.4, 0.5) is 0 Å². The predicted molar refractivity (Wildman–Crippen MR) is 120 cm³/mol. The van der Waals surface area contributed by atoms with Crippen molar-refractivity contribution in [2.45, 2.75) is 12.8 Å². The van der Waals surface area contributed by atoms with Gasteiger partial charge in [-0.1, -0.05) is 11.6 Å². The molecular formula is C22H28ClN5O4. The first kappa shape index (κ1) is 23.7. The number of aromatic nitrogens is 2. The Morgan fingerprint density at radius 2 is 1.78 bits per heavy atom. The molecule has 0 aliphatic carbocycles. The molecule has 1 N–H and O–H groups in total. The molecule has 0 radical (unpaired) electrons. The van der Waals surface area contributed by atoms with Crippen molar-refractivity contribution in [2.75, 3.05) is 46.4 Å². The Hall–Kier alpha value is -2.91. The highest BCUT2D eigenvalue weighted by Crippen LogP contribution is 2.18. The standard InChI is InChI=1S/C22H28ClN5O4/c1-26-15-18(21(25-26)32-2)22(31)28-13-11-27(12-14-28)10-9-24-20(30)8-7-19(29)16-3-5-17(23)6-4-16/h3-6,15H,7-14H2,1-2H3,(H,24,30). The Bertz CT molecular complexity index is 952. The van der Waals surface area contributed by atoms with Crippen LogP contribution in [0.2, 0.25) is 5.02 Å². The molecular weight excluding hydrogens is 434 g/mol. The third kappa shape index (κ3) is 6.30. The van der Waals surface area contributed by atoms with Crippen molar-refractivity contribution in [1.29, 1.82) is 0 Å². The van der Waals surface area contributed by atoms with Crippen molar-refractivity contribution < 1.29 is 19.1 Å². The summed E-state index contributed by atoms with van der Waals surface area (Å²) < 4.78 is 6.75. The van der Waals surface area contributed by atoms with Crippen LogP contribution in [0.15, 0.2) is 30.5 Å². The van der Waals surface area contributed by atoms with Gasteiger partial charge >= 0.3 is 0 Å². The number of amides is 2. The second-order valence-electron chi connectivity index (χ2n) is 7.64. The summed E-state index contributed by atoms with van der Waals surface area (Å²) in [5, 5.41) is 7.57. The second-order valence-corrected chi connectivity index (χ2v) is 8.08. The Balaban J connectivity index is 1.34. The van der Waals surface area contributed by atoms with Crippen LogP contribution in [0.5, 0.6) is 5.88 Å². The molecule has 2 heterocycles. The van der Waals surface area contributed by atoms with Gasteiger partial charge in [-0.25, -0.2) is 0 Å². The lowest BCUT2D eigenvalue weighted by atomic mass is 10.1. The van der Waals surface area contributed by atoms with Crippen molar-refractivity contribution in [3.05, 3.63) is 46.6 Å². The quantitative estimate of drug-likeness (QED) is 0.570. The molecule has 0 bridgehead atoms. The smallest absolute Gasteiger partial charge is 0.261 e. The number of piperazine rings is 1. The molecule has 0 spiro atoms. The van der Waals surface area contributed by atoms with Crippen molar-refractivity contribution in [3.63, 3.8) is 0 Å². The minimum Gasteiger partial charge on any atom is -0.479 e. The third-order valence-corrected chi connectivity index (χ3v) is 5.63. The van der Waals surface area contributed by atoms with Gasteiger partial charge in [-0.05, 0) is 24.3 Å². The minimum absolute atomic E-state index is 0.0807. The third-order valence-electron chi connectivity index (χ3n) is 5.37. The van der Waals surface area contributed by atoms with E-state index < -0.39 is 0 Å². The Morgan fingerprint density at radius 1 is 1.09 bits per heavy atom. The first-order valence-electron chi connectivity index (χ1n) is 10.5. The number of nitrogens with zero attached hydrogens (tertiary/aromatic N) is 4. The lowest BCUT2D eigenvalue weighted by molar-refractivity contribution is -0.121. The SMILES string of the molecule is COc1nn(C)cc1C(=O)N1CCN(CCNC(=O)CCC(=O)c2ccc(Cl)cc2)CC1. The molecule has 32 heavy (non-hydrogen) atoms. The number of ether oxygens (including phenoxy) is 1. The van der Waals surface area contributed by atoms with Gasteiger partial charge in [0, 0.05) is 75.9 Å². The van der Waals surface area contributed by atoms with E-state index in [1.165, 1.54) is 7.11 Å². The maximum atomic E-state index is 12.7. The number of rotatable bonds is 9. The minimum atomic E-state index is -0.148. The molecule has 9 nitrogen and oxygen atoms in total. The molecule has 0 unspecified atom stereocenters. The molecule has 1 fully saturated rings. The number of aryl methyl sites for hydroxylation is 1. The zero-order chi connectivity index (χ0) is 23.1. The van der Waals surface area contributed by atoms with E-state index in [0.29, 0.717) is 48.2 Å². The van der Waals surface area contributed by atoms with Gasteiger partial charge in [0.1, 0.15) is 5.56 Å². The summed E-state index contributed by atoms with van der Waals surface area (Å²) in [6.07, 6.45) is 1.98. The van der Waals surface area contributed by atoms with Crippen molar-refractivity contribution in [1.82, 2.24) is 24.9 Å². The van der Waals surface area contributed by atoms with Crippen molar-refractivity contribution >= 4 is 29.2 Å². The average molecular weight is 462 g/mol. The zero-order valence-corrected chi connectivity index (χ0v) is 19.1. The number of nitrogens with one attached hydrogen (secondary N) is 1. The van der Waals surface area contributed by atoms with Crippen molar-refractivity contribution in [3.8, 4) is 5.88 Å². The van der Waals surface area contributed by atoms with Crippen molar-refractivity contribution in [2.24, 2.45) is 7.05 Å². The van der Waals surface area contributed by atoms with Gasteiger partial charge in [-0.2, -0.15) is 0 Å². The number of hydrogen-bond donors (Lipinski definition) is 1. The summed E-state index contributed by atoms with van der Waals surface area (Å²) in [6, 6.07) is 6.65. The van der Waals surface area contributed by atoms with Gasteiger partial charge in [0.2, 0.25) is 11.8 Å². The van der Waals surface area contributed by atoms with E-state index in [0.717, 1.165) is 13.1 Å². The number of carbonyl (C=O) groups is 3. The van der Waals surface area contributed by atoms with Crippen LogP contribution in [0.1, 0.15) is 33.6 Å². The van der Waals surface area contributed by atoms with Gasteiger partial charge in [0.05, 0.1) is 7.11 Å². The van der Waals surface area contributed by atoms with E-state index in [4.69, 9.17) is 16.3 Å². The highest BCUT2D eigenvalue weighted by molar-refractivity contribution is 6.30. The number of halogens is 1. The summed E-state index contributed by atoms with van der Waals surface area (Å²) >= 11 is 5.82. The average Bonchev–Trinajstić information content (AvgIpc) is 3.18. The number of benzene rings is 1. The first-order chi connectivity index (χ1) is 15.4. The molecule has 1 saturated heterocycles. The maximum absolute atomic E-state index is 12.7. The zero-order valence-electron chi connectivity index (χ0n) is 18.3. The molecule has 1 aromatic heterocycles. The second kappa shape index (κ2) is 11.1. The topological polar surface area (TPSA) is 96.8 Å². The summed E-state index contributed by atoms with van der Waals surface area (Å²) in [5.41, 5.74) is 1.02. The van der Waals surface area contributed by atoms with Crippen LogP contribution < -0.4 is 10.1 Å². The monoisotopic (exact) mass is 461 g/mol. The van der Waals surface area contributed by atoms with Crippen LogP contribution in [0.25, 0.3) is 0 Å². The molecule has 1 aliphatic rings. The van der Waals surface area contributed by atoms with Crippen LogP contribution in [0.3, 0.4) is 0 Å². The Morgan fingerprint density at radius 3 is 2.44 bits per heavy atom. The fourth-order valence-corrected chi connectivity index (χ4v) is 3.69. The summed E-state index contributed by atoms with van der Waals surface area (Å²) in [6.45, 7) is 3.83. The van der Waals surface area contributed by atoms with Gasteiger partial charge in [0.15, 0.2) is 5.78 Å². The molecule has 2 aromatic rings. The molecule has 0 saturated carbocycles. The van der Waals surface area contributed by atoms with E-state index in [1.54, 1.807) is 47.1 Å². The van der Waals surface area contributed by atoms with E-state index in [-0.39, 0.29) is 30.4 Å². The maximum Gasteiger partial charge on any atom is 0.261 e. The number of ketones is 1. The number of methoxy groups -OCH3 is 1.